The summed E-state index contributed by atoms with van der Waals surface area (Å²) < 4.78 is 0. The van der Waals surface area contributed by atoms with Gasteiger partial charge in [0.1, 0.15) is 0 Å². The van der Waals surface area contributed by atoms with Crippen LogP contribution in [0, 0.1) is 0 Å². The second-order valence-corrected chi connectivity index (χ2v) is 7.93. The summed E-state index contributed by atoms with van der Waals surface area (Å²) in [4.78, 5) is 29.4. The minimum Gasteiger partial charge on any atom is -0.340 e. The van der Waals surface area contributed by atoms with Gasteiger partial charge in [-0.15, -0.1) is 0 Å². The van der Waals surface area contributed by atoms with E-state index in [1.54, 1.807) is 12.1 Å². The van der Waals surface area contributed by atoms with Crippen LogP contribution in [0.2, 0.25) is 0 Å². The number of hydrogen-bond acceptors (Lipinski definition) is 3. The molecule has 0 bridgehead atoms. The van der Waals surface area contributed by atoms with Gasteiger partial charge in [-0.05, 0) is 11.1 Å². The van der Waals surface area contributed by atoms with Crippen molar-refractivity contribution >= 4 is 11.7 Å². The fourth-order valence-corrected chi connectivity index (χ4v) is 4.26. The molecule has 31 heavy (non-hydrogen) atoms. The number of hydrogen-bond donors (Lipinski definition) is 0. The Morgan fingerprint density at radius 2 is 1.13 bits per heavy atom. The molecule has 0 N–H and O–H groups in total. The van der Waals surface area contributed by atoms with E-state index in [0.29, 0.717) is 18.7 Å². The highest BCUT2D eigenvalue weighted by atomic mass is 16.2. The standard InChI is InChI=1S/C27H28N2O2/c30-25(22-10-4-1-5-11-22)16-17-26(31)28-18-20-29(21-19-28)27(23-12-6-2-7-13-23)24-14-8-3-9-15-24/h1-15,27H,16-21H2. The maximum Gasteiger partial charge on any atom is 0.223 e. The average Bonchev–Trinajstić information content (AvgIpc) is 2.85. The largest absolute Gasteiger partial charge is 0.340 e. The summed E-state index contributed by atoms with van der Waals surface area (Å²) in [6, 6.07) is 30.5. The second kappa shape index (κ2) is 10.2. The molecule has 4 nitrogen and oxygen atoms in total. The molecular weight excluding hydrogens is 384 g/mol. The molecule has 158 valence electrons. The predicted octanol–water partition coefficient (Wildman–Crippen LogP) is 4.58. The van der Waals surface area contributed by atoms with Crippen LogP contribution in [0.25, 0.3) is 0 Å². The Bertz CT molecular complexity index is 942. The summed E-state index contributed by atoms with van der Waals surface area (Å²) in [7, 11) is 0. The fraction of sp³-hybridized carbons (Fsp3) is 0.259. The zero-order valence-corrected chi connectivity index (χ0v) is 17.7. The first-order chi connectivity index (χ1) is 15.2. The number of carbonyl (C=O) groups excluding carboxylic acids is 2. The number of amides is 1. The van der Waals surface area contributed by atoms with Crippen molar-refractivity contribution in [1.29, 1.82) is 0 Å². The Morgan fingerprint density at radius 1 is 0.645 bits per heavy atom. The molecule has 0 aliphatic carbocycles. The molecule has 1 aliphatic rings. The van der Waals surface area contributed by atoms with E-state index in [4.69, 9.17) is 0 Å². The van der Waals surface area contributed by atoms with Crippen molar-refractivity contribution in [2.45, 2.75) is 18.9 Å². The monoisotopic (exact) mass is 412 g/mol. The normalized spacial score (nSPS) is 14.5. The van der Waals surface area contributed by atoms with Crippen molar-refractivity contribution in [2.75, 3.05) is 26.2 Å². The lowest BCUT2D eigenvalue weighted by Gasteiger charge is -2.39. The number of ketones is 1. The molecule has 0 spiro atoms. The maximum absolute atomic E-state index is 12.7. The second-order valence-electron chi connectivity index (χ2n) is 7.93. The summed E-state index contributed by atoms with van der Waals surface area (Å²) in [5.74, 6) is 0.0979. The topological polar surface area (TPSA) is 40.6 Å². The molecule has 1 aliphatic heterocycles. The Balaban J connectivity index is 1.36. The Morgan fingerprint density at radius 3 is 1.65 bits per heavy atom. The summed E-state index contributed by atoms with van der Waals surface area (Å²) in [5.41, 5.74) is 3.21. The van der Waals surface area contributed by atoms with Gasteiger partial charge in [-0.3, -0.25) is 14.5 Å². The quantitative estimate of drug-likeness (QED) is 0.533. The van der Waals surface area contributed by atoms with E-state index in [9.17, 15) is 9.59 Å². The molecule has 0 saturated carbocycles. The Labute approximate surface area is 184 Å². The van der Waals surface area contributed by atoms with Crippen LogP contribution in [-0.2, 0) is 4.79 Å². The van der Waals surface area contributed by atoms with Crippen molar-refractivity contribution in [3.8, 4) is 0 Å². The molecule has 1 amide bonds. The third-order valence-electron chi connectivity index (χ3n) is 5.92. The average molecular weight is 413 g/mol. The van der Waals surface area contributed by atoms with Gasteiger partial charge in [-0.25, -0.2) is 0 Å². The highest BCUT2D eigenvalue weighted by molar-refractivity contribution is 5.97. The fourth-order valence-electron chi connectivity index (χ4n) is 4.26. The number of rotatable bonds is 7. The number of piperazine rings is 1. The van der Waals surface area contributed by atoms with Crippen LogP contribution in [-0.4, -0.2) is 47.7 Å². The lowest BCUT2D eigenvalue weighted by atomic mass is 9.96. The molecule has 1 heterocycles. The van der Waals surface area contributed by atoms with E-state index >= 15 is 0 Å². The third kappa shape index (κ3) is 5.28. The molecule has 0 radical (unpaired) electrons. The van der Waals surface area contributed by atoms with Gasteiger partial charge in [-0.1, -0.05) is 91.0 Å². The van der Waals surface area contributed by atoms with Gasteiger partial charge in [0.25, 0.3) is 0 Å². The van der Waals surface area contributed by atoms with Crippen LogP contribution in [0.4, 0.5) is 0 Å². The van der Waals surface area contributed by atoms with Crippen molar-refractivity contribution in [1.82, 2.24) is 9.80 Å². The SMILES string of the molecule is O=C(CCC(=O)N1CCN(C(c2ccccc2)c2ccccc2)CC1)c1ccccc1. The summed E-state index contributed by atoms with van der Waals surface area (Å²) >= 11 is 0. The molecule has 4 rings (SSSR count). The number of carbonyl (C=O) groups is 2. The van der Waals surface area contributed by atoms with E-state index in [0.717, 1.165) is 13.1 Å². The van der Waals surface area contributed by atoms with Gasteiger partial charge in [0, 0.05) is 44.6 Å². The van der Waals surface area contributed by atoms with Crippen molar-refractivity contribution < 1.29 is 9.59 Å². The van der Waals surface area contributed by atoms with Crippen molar-refractivity contribution in [3.05, 3.63) is 108 Å². The van der Waals surface area contributed by atoms with Crippen molar-refractivity contribution in [2.24, 2.45) is 0 Å². The van der Waals surface area contributed by atoms with E-state index < -0.39 is 0 Å². The molecule has 4 heteroatoms. The van der Waals surface area contributed by atoms with E-state index in [1.807, 2.05) is 35.2 Å². The number of nitrogens with zero attached hydrogens (tertiary/aromatic N) is 2. The van der Waals surface area contributed by atoms with Gasteiger partial charge in [0.15, 0.2) is 5.78 Å². The summed E-state index contributed by atoms with van der Waals surface area (Å²) in [6.07, 6.45) is 0.536. The van der Waals surface area contributed by atoms with Crippen LogP contribution in [0.15, 0.2) is 91.0 Å². The van der Waals surface area contributed by atoms with Crippen LogP contribution < -0.4 is 0 Å². The van der Waals surface area contributed by atoms with Gasteiger partial charge in [0.05, 0.1) is 6.04 Å². The van der Waals surface area contributed by atoms with E-state index in [2.05, 4.69) is 53.4 Å². The first-order valence-electron chi connectivity index (χ1n) is 10.9. The molecule has 3 aromatic rings. The Hall–Kier alpha value is -3.24. The number of Topliss-reactive ketones (excluding diaryl/α,β-unsaturated/α-hetero) is 1. The van der Waals surface area contributed by atoms with E-state index in [1.165, 1.54) is 11.1 Å². The molecule has 3 aromatic carbocycles. The molecule has 0 aromatic heterocycles. The van der Waals surface area contributed by atoms with E-state index in [-0.39, 0.29) is 30.6 Å². The lowest BCUT2D eigenvalue weighted by molar-refractivity contribution is -0.133. The third-order valence-corrected chi connectivity index (χ3v) is 5.92. The summed E-state index contributed by atoms with van der Waals surface area (Å²) in [6.45, 7) is 3.00. The summed E-state index contributed by atoms with van der Waals surface area (Å²) in [5, 5.41) is 0. The van der Waals surface area contributed by atoms with Crippen molar-refractivity contribution in [3.63, 3.8) is 0 Å². The zero-order chi connectivity index (χ0) is 21.5. The maximum atomic E-state index is 12.7. The van der Waals surface area contributed by atoms with Crippen LogP contribution in [0.5, 0.6) is 0 Å². The molecule has 1 saturated heterocycles. The van der Waals surface area contributed by atoms with Gasteiger partial charge in [-0.2, -0.15) is 0 Å². The molecule has 0 unspecified atom stereocenters. The highest BCUT2D eigenvalue weighted by Crippen LogP contribution is 2.29. The minimum absolute atomic E-state index is 0.0285. The molecular formula is C27H28N2O2. The predicted molar refractivity (Wildman–Crippen MR) is 123 cm³/mol. The highest BCUT2D eigenvalue weighted by Gasteiger charge is 2.28. The Kier molecular flexibility index (Phi) is 6.90. The lowest BCUT2D eigenvalue weighted by Crippen LogP contribution is -2.49. The van der Waals surface area contributed by atoms with Gasteiger partial charge >= 0.3 is 0 Å². The van der Waals surface area contributed by atoms with Gasteiger partial charge in [0.2, 0.25) is 5.91 Å². The van der Waals surface area contributed by atoms with Crippen LogP contribution in [0.3, 0.4) is 0 Å². The first-order valence-corrected chi connectivity index (χ1v) is 10.9. The minimum atomic E-state index is 0.0285. The van der Waals surface area contributed by atoms with Gasteiger partial charge < -0.3 is 4.90 Å². The zero-order valence-electron chi connectivity index (χ0n) is 17.7. The molecule has 1 fully saturated rings. The van der Waals surface area contributed by atoms with Crippen LogP contribution in [0.1, 0.15) is 40.4 Å². The smallest absolute Gasteiger partial charge is 0.223 e. The number of benzene rings is 3. The first kappa shape index (κ1) is 21.0. The van der Waals surface area contributed by atoms with Crippen LogP contribution >= 0.6 is 0 Å². The molecule has 0 atom stereocenters.